The number of carbonyl (C=O) groups is 4. The van der Waals surface area contributed by atoms with Crippen LogP contribution in [-0.4, -0.2) is 62.4 Å². The van der Waals surface area contributed by atoms with Crippen molar-refractivity contribution in [1.82, 2.24) is 10.6 Å². The minimum absolute atomic E-state index is 0.00964. The van der Waals surface area contributed by atoms with Gasteiger partial charge in [0.25, 0.3) is 0 Å². The third-order valence-corrected chi connectivity index (χ3v) is 5.04. The van der Waals surface area contributed by atoms with Gasteiger partial charge in [0.15, 0.2) is 5.78 Å². The maximum Gasteiger partial charge on any atom is 0.220 e. The van der Waals surface area contributed by atoms with Crippen molar-refractivity contribution in [2.75, 3.05) is 33.0 Å². The van der Waals surface area contributed by atoms with Crippen LogP contribution in [0.25, 0.3) is 0 Å². The van der Waals surface area contributed by atoms with Crippen molar-refractivity contribution in [3.05, 3.63) is 0 Å². The molecule has 0 rings (SSSR count). The van der Waals surface area contributed by atoms with Crippen LogP contribution in [0.2, 0.25) is 0 Å². The molecule has 0 aromatic heterocycles. The number of rotatable bonds is 22. The van der Waals surface area contributed by atoms with E-state index in [-0.39, 0.29) is 29.3 Å². The molecule has 0 radical (unpaired) electrons. The Labute approximate surface area is 206 Å². The number of hydrogen-bond acceptors (Lipinski definition) is 6. The minimum Gasteiger partial charge on any atom is -0.379 e. The Hall–Kier alpha value is -1.80. The molecule has 0 heterocycles. The lowest BCUT2D eigenvalue weighted by atomic mass is 10.0. The molecule has 0 aromatic carbocycles. The van der Waals surface area contributed by atoms with E-state index in [0.29, 0.717) is 90.3 Å². The van der Waals surface area contributed by atoms with E-state index in [9.17, 15) is 19.2 Å². The van der Waals surface area contributed by atoms with Gasteiger partial charge in [0.05, 0.1) is 25.9 Å². The summed E-state index contributed by atoms with van der Waals surface area (Å²) in [6.45, 7) is 12.1. The van der Waals surface area contributed by atoms with E-state index in [2.05, 4.69) is 10.6 Å². The molecule has 1 atom stereocenters. The van der Waals surface area contributed by atoms with Crippen LogP contribution in [0.5, 0.6) is 0 Å². The van der Waals surface area contributed by atoms with E-state index in [1.165, 1.54) is 0 Å². The van der Waals surface area contributed by atoms with Gasteiger partial charge in [0.1, 0.15) is 5.78 Å². The maximum atomic E-state index is 12.7. The molecule has 2 amide bonds. The van der Waals surface area contributed by atoms with Crippen LogP contribution in [0.3, 0.4) is 0 Å². The van der Waals surface area contributed by atoms with Gasteiger partial charge in [-0.15, -0.1) is 0 Å². The normalized spacial score (nSPS) is 12.1. The molecule has 0 aromatic rings. The molecule has 2 N–H and O–H groups in total. The third kappa shape index (κ3) is 19.6. The summed E-state index contributed by atoms with van der Waals surface area (Å²) in [4.78, 5) is 48.1. The maximum absolute atomic E-state index is 12.7. The first-order valence-corrected chi connectivity index (χ1v) is 12.9. The smallest absolute Gasteiger partial charge is 0.220 e. The predicted octanol–water partition coefficient (Wildman–Crippen LogP) is 3.60. The fourth-order valence-electron chi connectivity index (χ4n) is 3.35. The molecule has 0 fully saturated rings. The summed E-state index contributed by atoms with van der Waals surface area (Å²) in [5, 5.41) is 5.75. The lowest BCUT2D eigenvalue weighted by Gasteiger charge is -2.19. The molecule has 0 saturated carbocycles. The minimum atomic E-state index is -0.544. The summed E-state index contributed by atoms with van der Waals surface area (Å²) >= 11 is 0. The second-order valence-electron chi connectivity index (χ2n) is 9.64. The number of amides is 2. The van der Waals surface area contributed by atoms with Crippen LogP contribution in [0.1, 0.15) is 92.4 Å². The Morgan fingerprint density at radius 3 is 1.97 bits per heavy atom. The summed E-state index contributed by atoms with van der Waals surface area (Å²) in [5.74, 6) is 0.605. The second-order valence-corrected chi connectivity index (χ2v) is 9.64. The first kappa shape index (κ1) is 32.2. The van der Waals surface area contributed by atoms with Crippen LogP contribution in [-0.2, 0) is 28.7 Å². The van der Waals surface area contributed by atoms with Gasteiger partial charge in [-0.1, -0.05) is 34.6 Å². The Morgan fingerprint density at radius 2 is 1.35 bits per heavy atom. The lowest BCUT2D eigenvalue weighted by Crippen LogP contribution is -2.41. The van der Waals surface area contributed by atoms with Gasteiger partial charge in [-0.2, -0.15) is 0 Å². The molecule has 0 saturated heterocycles. The fraction of sp³-hybridized carbons (Fsp3) is 0.846. The zero-order valence-electron chi connectivity index (χ0n) is 22.1. The van der Waals surface area contributed by atoms with Crippen molar-refractivity contribution in [1.29, 1.82) is 0 Å². The van der Waals surface area contributed by atoms with Crippen molar-refractivity contribution in [2.45, 2.75) is 98.4 Å². The topological polar surface area (TPSA) is 111 Å². The van der Waals surface area contributed by atoms with Crippen molar-refractivity contribution in [2.24, 2.45) is 11.8 Å². The van der Waals surface area contributed by atoms with E-state index in [1.807, 2.05) is 34.6 Å². The molecular formula is C26H48N2O6. The standard InChI is InChI=1S/C26H48N2O6/c1-6-9-22(29)12-15-34-17-16-33-14-8-11-24(30)23(28-26(32)19-21(4)5)10-7-13-27-25(31)18-20(2)3/h20-21,23H,6-19H2,1-5H3,(H,27,31)(H,28,32). The summed E-state index contributed by atoms with van der Waals surface area (Å²) < 4.78 is 10.9. The molecule has 198 valence electrons. The number of nitrogens with one attached hydrogen (secondary N) is 2. The summed E-state index contributed by atoms with van der Waals surface area (Å²) in [6, 6.07) is -0.544. The zero-order valence-corrected chi connectivity index (χ0v) is 22.1. The Bertz CT molecular complexity index is 592. The van der Waals surface area contributed by atoms with Crippen molar-refractivity contribution in [3.63, 3.8) is 0 Å². The van der Waals surface area contributed by atoms with Crippen molar-refractivity contribution < 1.29 is 28.7 Å². The van der Waals surface area contributed by atoms with Gasteiger partial charge in [-0.3, -0.25) is 19.2 Å². The monoisotopic (exact) mass is 484 g/mol. The van der Waals surface area contributed by atoms with Crippen LogP contribution in [0, 0.1) is 11.8 Å². The molecule has 0 aliphatic heterocycles. The van der Waals surface area contributed by atoms with Gasteiger partial charge in [-0.05, 0) is 37.5 Å². The zero-order chi connectivity index (χ0) is 25.8. The average Bonchev–Trinajstić information content (AvgIpc) is 2.73. The summed E-state index contributed by atoms with van der Waals surface area (Å²) in [5.41, 5.74) is 0. The second kappa shape index (κ2) is 20.6. The van der Waals surface area contributed by atoms with E-state index >= 15 is 0 Å². The first-order valence-electron chi connectivity index (χ1n) is 12.9. The van der Waals surface area contributed by atoms with Crippen LogP contribution in [0.4, 0.5) is 0 Å². The molecule has 0 spiro atoms. The van der Waals surface area contributed by atoms with Gasteiger partial charge in [0, 0.05) is 45.3 Å². The molecule has 8 heteroatoms. The third-order valence-electron chi connectivity index (χ3n) is 5.04. The highest BCUT2D eigenvalue weighted by Crippen LogP contribution is 2.07. The van der Waals surface area contributed by atoms with Crippen molar-refractivity contribution in [3.8, 4) is 0 Å². The molecule has 1 unspecified atom stereocenters. The van der Waals surface area contributed by atoms with E-state index < -0.39 is 6.04 Å². The predicted molar refractivity (Wildman–Crippen MR) is 133 cm³/mol. The Morgan fingerprint density at radius 1 is 0.735 bits per heavy atom. The highest BCUT2D eigenvalue weighted by Gasteiger charge is 2.20. The molecule has 0 aliphatic carbocycles. The number of hydrogen-bond donors (Lipinski definition) is 2. The van der Waals surface area contributed by atoms with E-state index in [0.717, 1.165) is 6.42 Å². The molecule has 0 aliphatic rings. The fourth-order valence-corrected chi connectivity index (χ4v) is 3.35. The largest absolute Gasteiger partial charge is 0.379 e. The summed E-state index contributed by atoms with van der Waals surface area (Å²) in [7, 11) is 0. The van der Waals surface area contributed by atoms with Crippen LogP contribution in [0.15, 0.2) is 0 Å². The lowest BCUT2D eigenvalue weighted by molar-refractivity contribution is -0.128. The first-order chi connectivity index (χ1) is 16.1. The quantitative estimate of drug-likeness (QED) is 0.227. The highest BCUT2D eigenvalue weighted by molar-refractivity contribution is 5.89. The summed E-state index contributed by atoms with van der Waals surface area (Å²) in [6.07, 6.45) is 4.75. The Balaban J connectivity index is 4.22. The molecular weight excluding hydrogens is 436 g/mol. The molecule has 34 heavy (non-hydrogen) atoms. The van der Waals surface area contributed by atoms with Crippen molar-refractivity contribution >= 4 is 23.4 Å². The molecule has 0 bridgehead atoms. The van der Waals surface area contributed by atoms with Gasteiger partial charge in [0.2, 0.25) is 11.8 Å². The van der Waals surface area contributed by atoms with Crippen LogP contribution >= 0.6 is 0 Å². The number of carbonyl (C=O) groups excluding carboxylic acids is 4. The number of Topliss-reactive ketones (excluding diaryl/α,β-unsaturated/α-hetero) is 2. The van der Waals surface area contributed by atoms with Gasteiger partial charge in [-0.25, -0.2) is 0 Å². The van der Waals surface area contributed by atoms with Gasteiger partial charge >= 0.3 is 0 Å². The van der Waals surface area contributed by atoms with E-state index in [1.54, 1.807) is 0 Å². The highest BCUT2D eigenvalue weighted by atomic mass is 16.5. The average molecular weight is 485 g/mol. The van der Waals surface area contributed by atoms with Crippen LogP contribution < -0.4 is 10.6 Å². The Kier molecular flexibility index (Phi) is 19.5. The SMILES string of the molecule is CCCC(=O)CCOCCOCCCC(=O)C(CCCNC(=O)CC(C)C)NC(=O)CC(C)C. The molecule has 8 nitrogen and oxygen atoms in total. The number of ether oxygens (including phenoxy) is 2. The van der Waals surface area contributed by atoms with Gasteiger partial charge < -0.3 is 20.1 Å². The number of ketones is 2. The van der Waals surface area contributed by atoms with E-state index in [4.69, 9.17) is 9.47 Å².